The first kappa shape index (κ1) is 11.4. The van der Waals surface area contributed by atoms with Gasteiger partial charge in [-0.2, -0.15) is 0 Å². The summed E-state index contributed by atoms with van der Waals surface area (Å²) in [5, 5.41) is 12.3. The lowest BCUT2D eigenvalue weighted by molar-refractivity contribution is 0.329. The van der Waals surface area contributed by atoms with Gasteiger partial charge in [-0.25, -0.2) is 5.84 Å². The number of aromatic nitrogens is 1. The lowest BCUT2D eigenvalue weighted by atomic mass is 10.1. The minimum atomic E-state index is -0.217. The minimum Gasteiger partial charge on any atom is -0.399 e. The van der Waals surface area contributed by atoms with E-state index in [1.807, 2.05) is 24.3 Å². The number of aliphatic hydroxyl groups excluding tert-OH is 1. The summed E-state index contributed by atoms with van der Waals surface area (Å²) in [4.78, 5) is 4.04. The van der Waals surface area contributed by atoms with Crippen molar-refractivity contribution in [3.8, 4) is 0 Å². The second-order valence-electron chi connectivity index (χ2n) is 3.68. The summed E-state index contributed by atoms with van der Waals surface area (Å²) >= 11 is 0. The van der Waals surface area contributed by atoms with Gasteiger partial charge in [0.2, 0.25) is 0 Å². The fraction of sp³-hybridized carbons (Fsp3) is 0.0833. The predicted octanol–water partition coefficient (Wildman–Crippen LogP) is 0.707. The van der Waals surface area contributed by atoms with E-state index in [0.29, 0.717) is 5.70 Å². The molecule has 88 valence electrons. The lowest BCUT2D eigenvalue weighted by Crippen LogP contribution is -2.26. The normalized spacial score (nSPS) is 11.8. The third-order valence-electron chi connectivity index (χ3n) is 2.41. The molecule has 0 aliphatic rings. The van der Waals surface area contributed by atoms with E-state index in [1.54, 1.807) is 12.4 Å². The molecular weight excluding hydrogens is 216 g/mol. The van der Waals surface area contributed by atoms with Gasteiger partial charge in [-0.3, -0.25) is 9.99 Å². The van der Waals surface area contributed by atoms with Crippen molar-refractivity contribution >= 4 is 16.5 Å². The zero-order valence-corrected chi connectivity index (χ0v) is 9.24. The van der Waals surface area contributed by atoms with Crippen LogP contribution in [0.25, 0.3) is 10.8 Å². The summed E-state index contributed by atoms with van der Waals surface area (Å²) < 4.78 is 0. The van der Waals surface area contributed by atoms with Gasteiger partial charge >= 0.3 is 0 Å². The van der Waals surface area contributed by atoms with E-state index in [0.717, 1.165) is 16.5 Å². The van der Waals surface area contributed by atoms with Gasteiger partial charge in [0.05, 0.1) is 18.0 Å². The highest BCUT2D eigenvalue weighted by Gasteiger charge is 2.01. The Morgan fingerprint density at radius 2 is 2.18 bits per heavy atom. The molecule has 0 bridgehead atoms. The molecule has 0 unspecified atom stereocenters. The van der Waals surface area contributed by atoms with E-state index in [2.05, 4.69) is 4.98 Å². The van der Waals surface area contributed by atoms with E-state index in [4.69, 9.17) is 16.7 Å². The third kappa shape index (κ3) is 2.52. The molecule has 1 aromatic heterocycles. The van der Waals surface area contributed by atoms with Crippen molar-refractivity contribution in [2.75, 3.05) is 11.6 Å². The second-order valence-corrected chi connectivity index (χ2v) is 3.68. The van der Waals surface area contributed by atoms with Crippen LogP contribution in [-0.4, -0.2) is 16.7 Å². The number of anilines is 1. The molecule has 5 N–H and O–H groups in total. The standard InChI is InChI=1S/C12H14N4O/c13-11(8-17)7-16(14)12-2-1-10-6-15-4-3-9(10)5-12/h1-7,17H,8,13-14H2/b11-7-. The zero-order chi connectivity index (χ0) is 12.3. The van der Waals surface area contributed by atoms with Crippen LogP contribution in [0, 0.1) is 0 Å². The van der Waals surface area contributed by atoms with Crippen molar-refractivity contribution in [2.24, 2.45) is 11.6 Å². The van der Waals surface area contributed by atoms with Crippen LogP contribution < -0.4 is 16.6 Å². The number of fused-ring (bicyclic) bond motifs is 1. The molecule has 5 nitrogen and oxygen atoms in total. The largest absolute Gasteiger partial charge is 0.399 e. The van der Waals surface area contributed by atoms with Crippen LogP contribution in [0.4, 0.5) is 5.69 Å². The van der Waals surface area contributed by atoms with E-state index in [9.17, 15) is 0 Å². The minimum absolute atomic E-state index is 0.217. The third-order valence-corrected chi connectivity index (χ3v) is 2.41. The molecule has 0 fully saturated rings. The van der Waals surface area contributed by atoms with Crippen LogP contribution in [0.1, 0.15) is 0 Å². The number of hydrogen-bond donors (Lipinski definition) is 3. The Bertz CT molecular complexity index is 553. The van der Waals surface area contributed by atoms with Crippen molar-refractivity contribution in [1.82, 2.24) is 4.98 Å². The van der Waals surface area contributed by atoms with E-state index >= 15 is 0 Å². The Balaban J connectivity index is 2.36. The molecule has 0 spiro atoms. The molecule has 1 aromatic carbocycles. The topological polar surface area (TPSA) is 88.4 Å². The average molecular weight is 230 g/mol. The van der Waals surface area contributed by atoms with Crippen molar-refractivity contribution in [1.29, 1.82) is 0 Å². The number of benzene rings is 1. The molecule has 5 heteroatoms. The Labute approximate surface area is 98.9 Å². The van der Waals surface area contributed by atoms with Gasteiger partial charge in [0.25, 0.3) is 0 Å². The highest BCUT2D eigenvalue weighted by atomic mass is 16.3. The van der Waals surface area contributed by atoms with Crippen molar-refractivity contribution in [3.63, 3.8) is 0 Å². The number of nitrogens with zero attached hydrogens (tertiary/aromatic N) is 2. The van der Waals surface area contributed by atoms with Gasteiger partial charge in [0.1, 0.15) is 0 Å². The van der Waals surface area contributed by atoms with Crippen molar-refractivity contribution in [2.45, 2.75) is 0 Å². The first-order chi connectivity index (χ1) is 8.20. The fourth-order valence-electron chi connectivity index (χ4n) is 1.53. The smallest absolute Gasteiger partial charge is 0.0840 e. The molecular formula is C12H14N4O. The van der Waals surface area contributed by atoms with E-state index in [-0.39, 0.29) is 6.61 Å². The molecule has 0 aliphatic heterocycles. The molecule has 2 aromatic rings. The number of nitrogens with two attached hydrogens (primary N) is 2. The quantitative estimate of drug-likeness (QED) is 0.533. The molecule has 0 saturated heterocycles. The number of pyridine rings is 1. The van der Waals surface area contributed by atoms with Gasteiger partial charge in [-0.05, 0) is 23.6 Å². The molecule has 1 heterocycles. The van der Waals surface area contributed by atoms with Gasteiger partial charge in [-0.1, -0.05) is 6.07 Å². The van der Waals surface area contributed by atoms with Crippen LogP contribution in [0.2, 0.25) is 0 Å². The van der Waals surface area contributed by atoms with Crippen LogP contribution in [0.3, 0.4) is 0 Å². The number of aliphatic hydroxyl groups is 1. The Hall–Kier alpha value is -2.11. The summed E-state index contributed by atoms with van der Waals surface area (Å²) in [6, 6.07) is 7.63. The maximum absolute atomic E-state index is 8.82. The van der Waals surface area contributed by atoms with Gasteiger partial charge in [0, 0.05) is 24.0 Å². The monoisotopic (exact) mass is 230 g/mol. The Kier molecular flexibility index (Phi) is 3.22. The van der Waals surface area contributed by atoms with Gasteiger partial charge < -0.3 is 10.8 Å². The summed E-state index contributed by atoms with van der Waals surface area (Å²) in [5.74, 6) is 5.81. The molecule has 17 heavy (non-hydrogen) atoms. The number of rotatable bonds is 3. The molecule has 2 rings (SSSR count). The molecule has 0 amide bonds. The lowest BCUT2D eigenvalue weighted by Gasteiger charge is -2.15. The maximum atomic E-state index is 8.82. The predicted molar refractivity (Wildman–Crippen MR) is 67.8 cm³/mol. The van der Waals surface area contributed by atoms with Crippen LogP contribution in [-0.2, 0) is 0 Å². The number of hydrazine groups is 1. The second kappa shape index (κ2) is 4.82. The fourth-order valence-corrected chi connectivity index (χ4v) is 1.53. The summed E-state index contributed by atoms with van der Waals surface area (Å²) in [6.45, 7) is -0.217. The molecule has 0 saturated carbocycles. The maximum Gasteiger partial charge on any atom is 0.0840 e. The SMILES string of the molecule is N/C(=C\N(N)c1ccc2cnccc2c1)CO. The summed E-state index contributed by atoms with van der Waals surface area (Å²) in [5.41, 5.74) is 6.60. The molecule has 0 atom stereocenters. The van der Waals surface area contributed by atoms with Crippen molar-refractivity contribution < 1.29 is 5.11 Å². The Morgan fingerprint density at radius 1 is 1.35 bits per heavy atom. The van der Waals surface area contributed by atoms with Crippen LogP contribution in [0.5, 0.6) is 0 Å². The Morgan fingerprint density at radius 3 is 2.94 bits per heavy atom. The zero-order valence-electron chi connectivity index (χ0n) is 9.24. The van der Waals surface area contributed by atoms with E-state index < -0.39 is 0 Å². The van der Waals surface area contributed by atoms with E-state index in [1.165, 1.54) is 11.2 Å². The van der Waals surface area contributed by atoms with Gasteiger partial charge in [0.15, 0.2) is 0 Å². The first-order valence-corrected chi connectivity index (χ1v) is 5.15. The van der Waals surface area contributed by atoms with Crippen molar-refractivity contribution in [3.05, 3.63) is 48.6 Å². The van der Waals surface area contributed by atoms with Gasteiger partial charge in [-0.15, -0.1) is 0 Å². The van der Waals surface area contributed by atoms with Crippen LogP contribution >= 0.6 is 0 Å². The molecule has 0 aliphatic carbocycles. The highest BCUT2D eigenvalue weighted by molar-refractivity contribution is 5.85. The van der Waals surface area contributed by atoms with Crippen LogP contribution in [0.15, 0.2) is 48.6 Å². The first-order valence-electron chi connectivity index (χ1n) is 5.15. The number of hydrogen-bond acceptors (Lipinski definition) is 5. The highest BCUT2D eigenvalue weighted by Crippen LogP contribution is 2.20. The average Bonchev–Trinajstić information content (AvgIpc) is 2.38. The molecule has 0 radical (unpaired) electrons. The summed E-state index contributed by atoms with van der Waals surface area (Å²) in [6.07, 6.45) is 5.01. The summed E-state index contributed by atoms with van der Waals surface area (Å²) in [7, 11) is 0.